The number of carbonyl (C=O) groups is 1. The third-order valence-corrected chi connectivity index (χ3v) is 6.09. The third kappa shape index (κ3) is 12.5. The van der Waals surface area contributed by atoms with Crippen LogP contribution in [0.3, 0.4) is 0 Å². The standard InChI is InChI=1S/C31H44O4/c1-4-6-7-8-9-10-13-24-34-29-20-22-30(23-21-29)35-31(32)27-16-18-28(19-17-27)33-25-14-11-12-15-26(3)5-2/h7-8,16-23,26H,4-6,9-15,24-25H2,1-3H3/t26-/m0/s1. The maximum atomic E-state index is 12.5. The van der Waals surface area contributed by atoms with Crippen molar-refractivity contribution in [2.75, 3.05) is 13.2 Å². The summed E-state index contributed by atoms with van der Waals surface area (Å²) >= 11 is 0. The Morgan fingerprint density at radius 1 is 0.743 bits per heavy atom. The van der Waals surface area contributed by atoms with Crippen molar-refractivity contribution in [2.24, 2.45) is 5.92 Å². The maximum absolute atomic E-state index is 12.5. The summed E-state index contributed by atoms with van der Waals surface area (Å²) < 4.78 is 17.1. The molecule has 2 aromatic carbocycles. The van der Waals surface area contributed by atoms with E-state index in [9.17, 15) is 4.79 Å². The number of benzene rings is 2. The van der Waals surface area contributed by atoms with Crippen LogP contribution in [-0.2, 0) is 0 Å². The topological polar surface area (TPSA) is 44.8 Å². The lowest BCUT2D eigenvalue weighted by molar-refractivity contribution is 0.0734. The molecule has 0 saturated carbocycles. The highest BCUT2D eigenvalue weighted by molar-refractivity contribution is 5.91. The van der Waals surface area contributed by atoms with Gasteiger partial charge < -0.3 is 14.2 Å². The van der Waals surface area contributed by atoms with E-state index in [2.05, 4.69) is 32.9 Å². The summed E-state index contributed by atoms with van der Waals surface area (Å²) in [5.41, 5.74) is 0.499. The number of hydrogen-bond acceptors (Lipinski definition) is 4. The second-order valence-corrected chi connectivity index (χ2v) is 9.20. The fourth-order valence-corrected chi connectivity index (χ4v) is 3.58. The number of allylic oxidation sites excluding steroid dienone is 2. The van der Waals surface area contributed by atoms with Crippen LogP contribution in [0.15, 0.2) is 60.7 Å². The highest BCUT2D eigenvalue weighted by Gasteiger charge is 2.09. The van der Waals surface area contributed by atoms with E-state index in [0.717, 1.165) is 49.5 Å². The molecule has 0 heterocycles. The Morgan fingerprint density at radius 3 is 1.94 bits per heavy atom. The zero-order valence-electron chi connectivity index (χ0n) is 22.0. The smallest absolute Gasteiger partial charge is 0.343 e. The van der Waals surface area contributed by atoms with E-state index in [4.69, 9.17) is 14.2 Å². The SMILES string of the molecule is CCCC=CCCCCOc1ccc(OC(=O)c2ccc(OCCCCC[C@@H](C)CC)cc2)cc1. The van der Waals surface area contributed by atoms with Gasteiger partial charge in [0.05, 0.1) is 18.8 Å². The van der Waals surface area contributed by atoms with Gasteiger partial charge in [0.15, 0.2) is 0 Å². The lowest BCUT2D eigenvalue weighted by Crippen LogP contribution is -2.08. The second-order valence-electron chi connectivity index (χ2n) is 9.20. The van der Waals surface area contributed by atoms with E-state index >= 15 is 0 Å². The zero-order valence-corrected chi connectivity index (χ0v) is 22.0. The van der Waals surface area contributed by atoms with Crippen LogP contribution in [0, 0.1) is 5.92 Å². The molecule has 2 aromatic rings. The van der Waals surface area contributed by atoms with Gasteiger partial charge in [0.1, 0.15) is 17.2 Å². The minimum absolute atomic E-state index is 0.383. The normalized spacial score (nSPS) is 12.0. The first-order valence-corrected chi connectivity index (χ1v) is 13.4. The van der Waals surface area contributed by atoms with Crippen molar-refractivity contribution < 1.29 is 19.0 Å². The molecule has 35 heavy (non-hydrogen) atoms. The van der Waals surface area contributed by atoms with Crippen LogP contribution in [0.2, 0.25) is 0 Å². The number of rotatable bonds is 18. The summed E-state index contributed by atoms with van der Waals surface area (Å²) in [6.45, 7) is 8.14. The van der Waals surface area contributed by atoms with Gasteiger partial charge in [-0.15, -0.1) is 0 Å². The summed E-state index contributed by atoms with van der Waals surface area (Å²) in [7, 11) is 0. The van der Waals surface area contributed by atoms with E-state index in [1.54, 1.807) is 24.3 Å². The molecule has 0 radical (unpaired) electrons. The Labute approximate surface area is 212 Å². The van der Waals surface area contributed by atoms with Gasteiger partial charge in [0.25, 0.3) is 0 Å². The van der Waals surface area contributed by atoms with Crippen LogP contribution < -0.4 is 14.2 Å². The van der Waals surface area contributed by atoms with Crippen LogP contribution in [0.5, 0.6) is 17.2 Å². The minimum Gasteiger partial charge on any atom is -0.494 e. The van der Waals surface area contributed by atoms with Crippen molar-refractivity contribution in [2.45, 2.75) is 85.0 Å². The fourth-order valence-electron chi connectivity index (χ4n) is 3.58. The third-order valence-electron chi connectivity index (χ3n) is 6.09. The molecule has 0 amide bonds. The molecule has 0 aliphatic rings. The molecule has 0 aliphatic carbocycles. The van der Waals surface area contributed by atoms with E-state index in [-0.39, 0.29) is 5.97 Å². The van der Waals surface area contributed by atoms with Crippen molar-refractivity contribution in [3.05, 3.63) is 66.2 Å². The molecule has 2 rings (SSSR count). The second kappa shape index (κ2) is 17.7. The average Bonchev–Trinajstić information content (AvgIpc) is 2.88. The Kier molecular flexibility index (Phi) is 14.4. The molecule has 0 aliphatic heterocycles. The summed E-state index contributed by atoms with van der Waals surface area (Å²) in [6.07, 6.45) is 16.1. The van der Waals surface area contributed by atoms with Crippen molar-refractivity contribution >= 4 is 5.97 Å². The Balaban J connectivity index is 1.64. The van der Waals surface area contributed by atoms with Gasteiger partial charge in [-0.25, -0.2) is 4.79 Å². The fraction of sp³-hybridized carbons (Fsp3) is 0.516. The predicted molar refractivity (Wildman–Crippen MR) is 145 cm³/mol. The predicted octanol–water partition coefficient (Wildman–Crippen LogP) is 8.80. The molecule has 4 nitrogen and oxygen atoms in total. The molecule has 0 spiro atoms. The van der Waals surface area contributed by atoms with Gasteiger partial charge in [-0.2, -0.15) is 0 Å². The molecule has 0 bridgehead atoms. The van der Waals surface area contributed by atoms with Gasteiger partial charge in [0.2, 0.25) is 0 Å². The summed E-state index contributed by atoms with van der Waals surface area (Å²) in [4.78, 5) is 12.5. The lowest BCUT2D eigenvalue weighted by atomic mass is 10.0. The first-order chi connectivity index (χ1) is 17.1. The van der Waals surface area contributed by atoms with Crippen molar-refractivity contribution in [3.8, 4) is 17.2 Å². The first kappa shape index (κ1) is 28.5. The van der Waals surface area contributed by atoms with Crippen molar-refractivity contribution in [3.63, 3.8) is 0 Å². The molecule has 1 atom stereocenters. The van der Waals surface area contributed by atoms with Crippen LogP contribution in [0.25, 0.3) is 0 Å². The number of esters is 1. The van der Waals surface area contributed by atoms with Crippen LogP contribution >= 0.6 is 0 Å². The lowest BCUT2D eigenvalue weighted by Gasteiger charge is -2.09. The molecule has 0 saturated heterocycles. The first-order valence-electron chi connectivity index (χ1n) is 13.4. The average molecular weight is 481 g/mol. The molecule has 0 fully saturated rings. The Bertz CT molecular complexity index is 839. The van der Waals surface area contributed by atoms with E-state index in [0.29, 0.717) is 24.5 Å². The molecular weight excluding hydrogens is 436 g/mol. The summed E-state index contributed by atoms with van der Waals surface area (Å²) in [6, 6.07) is 14.3. The number of hydrogen-bond donors (Lipinski definition) is 0. The van der Waals surface area contributed by atoms with Gasteiger partial charge in [-0.3, -0.25) is 0 Å². The van der Waals surface area contributed by atoms with Gasteiger partial charge in [-0.1, -0.05) is 65.0 Å². The maximum Gasteiger partial charge on any atom is 0.343 e. The van der Waals surface area contributed by atoms with Gasteiger partial charge in [0, 0.05) is 0 Å². The molecule has 0 aromatic heterocycles. The minimum atomic E-state index is -0.383. The van der Waals surface area contributed by atoms with Crippen molar-refractivity contribution in [1.82, 2.24) is 0 Å². The molecule has 4 heteroatoms. The molecule has 0 unspecified atom stereocenters. The monoisotopic (exact) mass is 480 g/mol. The van der Waals surface area contributed by atoms with E-state index < -0.39 is 0 Å². The molecule has 0 N–H and O–H groups in total. The summed E-state index contributed by atoms with van der Waals surface area (Å²) in [5.74, 6) is 2.49. The quantitative estimate of drug-likeness (QED) is 0.0925. The Morgan fingerprint density at radius 2 is 1.31 bits per heavy atom. The summed E-state index contributed by atoms with van der Waals surface area (Å²) in [5, 5.41) is 0. The van der Waals surface area contributed by atoms with Crippen molar-refractivity contribution in [1.29, 1.82) is 0 Å². The van der Waals surface area contributed by atoms with Crippen LogP contribution in [0.1, 0.15) is 95.3 Å². The van der Waals surface area contributed by atoms with Gasteiger partial charge >= 0.3 is 5.97 Å². The van der Waals surface area contributed by atoms with E-state index in [1.807, 2.05) is 24.3 Å². The van der Waals surface area contributed by atoms with Crippen LogP contribution in [0.4, 0.5) is 0 Å². The number of ether oxygens (including phenoxy) is 3. The Hall–Kier alpha value is -2.75. The van der Waals surface area contributed by atoms with Crippen LogP contribution in [-0.4, -0.2) is 19.2 Å². The van der Waals surface area contributed by atoms with E-state index in [1.165, 1.54) is 32.1 Å². The molecular formula is C31H44O4. The highest BCUT2D eigenvalue weighted by atomic mass is 16.5. The van der Waals surface area contributed by atoms with Gasteiger partial charge in [-0.05, 0) is 86.6 Å². The highest BCUT2D eigenvalue weighted by Crippen LogP contribution is 2.20. The largest absolute Gasteiger partial charge is 0.494 e. The number of carbonyl (C=O) groups excluding carboxylic acids is 1. The molecule has 192 valence electrons. The number of unbranched alkanes of at least 4 members (excludes halogenated alkanes) is 5. The zero-order chi connectivity index (χ0) is 25.1.